The summed E-state index contributed by atoms with van der Waals surface area (Å²) in [6.07, 6.45) is 9.56. The molecule has 1 aliphatic rings. The Morgan fingerprint density at radius 1 is 1.14 bits per heavy atom. The molecular formula is C20H32O2. The van der Waals surface area contributed by atoms with Gasteiger partial charge in [-0.2, -0.15) is 0 Å². The molecule has 0 amide bonds. The van der Waals surface area contributed by atoms with Crippen molar-refractivity contribution in [3.05, 3.63) is 47.1 Å². The van der Waals surface area contributed by atoms with E-state index in [-0.39, 0.29) is 5.92 Å². The molecule has 0 aromatic carbocycles. The Morgan fingerprint density at radius 3 is 2.45 bits per heavy atom. The van der Waals surface area contributed by atoms with E-state index in [1.165, 1.54) is 11.1 Å². The van der Waals surface area contributed by atoms with Crippen LogP contribution in [0.25, 0.3) is 0 Å². The predicted molar refractivity (Wildman–Crippen MR) is 94.7 cm³/mol. The average Bonchev–Trinajstić information content (AvgIpc) is 2.41. The highest BCUT2D eigenvalue weighted by atomic mass is 16.3. The van der Waals surface area contributed by atoms with Crippen molar-refractivity contribution in [1.82, 2.24) is 0 Å². The minimum atomic E-state index is -0.520. The lowest BCUT2D eigenvalue weighted by atomic mass is 9.88. The number of allylic oxidation sites excluding steroid dienone is 4. The summed E-state index contributed by atoms with van der Waals surface area (Å²) >= 11 is 0. The molecule has 22 heavy (non-hydrogen) atoms. The number of aliphatic hydroxyl groups is 2. The lowest BCUT2D eigenvalue weighted by Gasteiger charge is -2.21. The summed E-state index contributed by atoms with van der Waals surface area (Å²) in [5.41, 5.74) is 4.55. The molecule has 2 heteroatoms. The first-order chi connectivity index (χ1) is 10.3. The molecule has 0 aromatic heterocycles. The van der Waals surface area contributed by atoms with Gasteiger partial charge in [0.1, 0.15) is 0 Å². The van der Waals surface area contributed by atoms with Gasteiger partial charge in [-0.1, -0.05) is 41.5 Å². The molecule has 1 aliphatic carbocycles. The van der Waals surface area contributed by atoms with Gasteiger partial charge in [0.15, 0.2) is 0 Å². The third-order valence-corrected chi connectivity index (χ3v) is 4.50. The molecule has 0 spiro atoms. The molecule has 0 aromatic rings. The van der Waals surface area contributed by atoms with Crippen LogP contribution in [0.5, 0.6) is 0 Å². The first-order valence-corrected chi connectivity index (χ1v) is 8.30. The van der Waals surface area contributed by atoms with Gasteiger partial charge in [-0.25, -0.2) is 0 Å². The Bertz CT molecular complexity index is 468. The van der Waals surface area contributed by atoms with Gasteiger partial charge in [0.2, 0.25) is 0 Å². The van der Waals surface area contributed by atoms with Gasteiger partial charge in [-0.3, -0.25) is 0 Å². The van der Waals surface area contributed by atoms with Crippen molar-refractivity contribution in [2.45, 2.75) is 72.0 Å². The van der Waals surface area contributed by atoms with Crippen molar-refractivity contribution in [1.29, 1.82) is 0 Å². The van der Waals surface area contributed by atoms with E-state index in [1.807, 2.05) is 13.8 Å². The number of hydrogen-bond donors (Lipinski definition) is 2. The Hall–Kier alpha value is -1.12. The van der Waals surface area contributed by atoms with Crippen molar-refractivity contribution in [2.24, 2.45) is 5.92 Å². The average molecular weight is 304 g/mol. The molecule has 1 rings (SSSR count). The van der Waals surface area contributed by atoms with Gasteiger partial charge in [-0.05, 0) is 71.3 Å². The Labute approximate surface area is 135 Å². The minimum absolute atomic E-state index is 0.283. The van der Waals surface area contributed by atoms with Gasteiger partial charge in [0, 0.05) is 0 Å². The van der Waals surface area contributed by atoms with E-state index >= 15 is 0 Å². The van der Waals surface area contributed by atoms with E-state index in [4.69, 9.17) is 0 Å². The Balaban J connectivity index is 2.98. The lowest BCUT2D eigenvalue weighted by Crippen LogP contribution is -2.17. The van der Waals surface area contributed by atoms with Crippen molar-refractivity contribution in [3.63, 3.8) is 0 Å². The van der Waals surface area contributed by atoms with Crippen LogP contribution in [0.4, 0.5) is 0 Å². The van der Waals surface area contributed by atoms with Crippen molar-refractivity contribution < 1.29 is 10.2 Å². The Morgan fingerprint density at radius 2 is 1.82 bits per heavy atom. The Kier molecular flexibility index (Phi) is 7.84. The monoisotopic (exact) mass is 304 g/mol. The molecule has 0 bridgehead atoms. The van der Waals surface area contributed by atoms with Crippen LogP contribution < -0.4 is 0 Å². The summed E-state index contributed by atoms with van der Waals surface area (Å²) in [6, 6.07) is 0. The maximum absolute atomic E-state index is 10.4. The molecule has 3 atom stereocenters. The van der Waals surface area contributed by atoms with Crippen molar-refractivity contribution in [2.75, 3.05) is 0 Å². The number of rotatable bonds is 1. The molecule has 0 heterocycles. The summed E-state index contributed by atoms with van der Waals surface area (Å²) < 4.78 is 0. The quantitative estimate of drug-likeness (QED) is 0.689. The highest BCUT2D eigenvalue weighted by Gasteiger charge is 2.17. The molecule has 1 unspecified atom stereocenters. The number of hydrogen-bond acceptors (Lipinski definition) is 2. The first kappa shape index (κ1) is 18.9. The van der Waals surface area contributed by atoms with Gasteiger partial charge >= 0.3 is 0 Å². The van der Waals surface area contributed by atoms with E-state index in [0.717, 1.165) is 30.4 Å². The zero-order valence-electron chi connectivity index (χ0n) is 14.6. The van der Waals surface area contributed by atoms with Gasteiger partial charge in [-0.15, -0.1) is 0 Å². The third-order valence-electron chi connectivity index (χ3n) is 4.50. The summed E-state index contributed by atoms with van der Waals surface area (Å²) in [6.45, 7) is 12.2. The largest absolute Gasteiger partial charge is 0.389 e. The standard InChI is InChI=1S/C20H32O2/c1-14(2)18-10-9-15(3)7-6-8-16(4)11-19(21)12-17(5)20(22)13-18/h8-9,12,18-22H,1,6-7,10-11,13H2,2-5H3/b15-9+,16-8+,17-12+/t18?,19-,20+/m1/s1. The molecule has 2 nitrogen and oxygen atoms in total. The van der Waals surface area contributed by atoms with E-state index in [2.05, 4.69) is 32.6 Å². The van der Waals surface area contributed by atoms with Crippen LogP contribution in [0, 0.1) is 5.92 Å². The zero-order chi connectivity index (χ0) is 16.7. The fourth-order valence-electron chi connectivity index (χ4n) is 2.83. The second-order valence-corrected chi connectivity index (χ2v) is 6.85. The summed E-state index contributed by atoms with van der Waals surface area (Å²) in [4.78, 5) is 0. The van der Waals surface area contributed by atoms with Gasteiger partial charge in [0.25, 0.3) is 0 Å². The van der Waals surface area contributed by atoms with E-state index in [9.17, 15) is 10.2 Å². The smallest absolute Gasteiger partial charge is 0.0761 e. The van der Waals surface area contributed by atoms with Crippen LogP contribution >= 0.6 is 0 Å². The lowest BCUT2D eigenvalue weighted by molar-refractivity contribution is 0.176. The molecule has 2 N–H and O–H groups in total. The molecule has 0 saturated heterocycles. The van der Waals surface area contributed by atoms with Crippen molar-refractivity contribution in [3.8, 4) is 0 Å². The highest BCUT2D eigenvalue weighted by Crippen LogP contribution is 2.25. The van der Waals surface area contributed by atoms with E-state index < -0.39 is 12.2 Å². The second kappa shape index (κ2) is 9.12. The second-order valence-electron chi connectivity index (χ2n) is 6.85. The fraction of sp³-hybridized carbons (Fsp3) is 0.600. The van der Waals surface area contributed by atoms with Crippen LogP contribution in [0.15, 0.2) is 47.1 Å². The van der Waals surface area contributed by atoms with Crippen LogP contribution in [-0.2, 0) is 0 Å². The zero-order valence-corrected chi connectivity index (χ0v) is 14.6. The maximum atomic E-state index is 10.4. The molecule has 124 valence electrons. The van der Waals surface area contributed by atoms with Gasteiger partial charge < -0.3 is 10.2 Å². The highest BCUT2D eigenvalue weighted by molar-refractivity contribution is 5.14. The van der Waals surface area contributed by atoms with Crippen LogP contribution in [0.2, 0.25) is 0 Å². The maximum Gasteiger partial charge on any atom is 0.0761 e. The topological polar surface area (TPSA) is 40.5 Å². The van der Waals surface area contributed by atoms with Crippen LogP contribution in [-0.4, -0.2) is 22.4 Å². The van der Waals surface area contributed by atoms with Crippen LogP contribution in [0.1, 0.15) is 59.8 Å². The predicted octanol–water partition coefficient (Wildman–Crippen LogP) is 4.70. The molecule has 0 saturated carbocycles. The molecule has 0 fully saturated rings. The molecule has 0 aliphatic heterocycles. The van der Waals surface area contributed by atoms with E-state index in [0.29, 0.717) is 12.8 Å². The van der Waals surface area contributed by atoms with Gasteiger partial charge in [0.05, 0.1) is 12.2 Å². The molecule has 0 radical (unpaired) electrons. The normalized spacial score (nSPS) is 36.1. The SMILES string of the molecule is C=C(C)C1C/C=C(\C)CC/C=C(\C)C[C@@H](O)/C=C(\C)[C@@H](O)C1. The number of aliphatic hydroxyl groups excluding tert-OH is 2. The summed E-state index contributed by atoms with van der Waals surface area (Å²) in [7, 11) is 0. The van der Waals surface area contributed by atoms with Crippen molar-refractivity contribution >= 4 is 0 Å². The molecular weight excluding hydrogens is 272 g/mol. The van der Waals surface area contributed by atoms with Crippen LogP contribution in [0.3, 0.4) is 0 Å². The third kappa shape index (κ3) is 6.76. The fourth-order valence-corrected chi connectivity index (χ4v) is 2.83. The van der Waals surface area contributed by atoms with E-state index in [1.54, 1.807) is 6.08 Å². The first-order valence-electron chi connectivity index (χ1n) is 8.30. The summed E-state index contributed by atoms with van der Waals surface area (Å²) in [5, 5.41) is 20.5. The summed E-state index contributed by atoms with van der Waals surface area (Å²) in [5.74, 6) is 0.283. The minimum Gasteiger partial charge on any atom is -0.389 e.